The zero-order chi connectivity index (χ0) is 26.9. The van der Waals surface area contributed by atoms with Crippen molar-refractivity contribution in [2.24, 2.45) is 5.92 Å². The molecule has 0 aliphatic carbocycles. The Morgan fingerprint density at radius 1 is 0.474 bits per heavy atom. The van der Waals surface area contributed by atoms with Crippen LogP contribution in [-0.2, 0) is 25.7 Å². The molecule has 0 aliphatic rings. The molecule has 0 N–H and O–H groups in total. The van der Waals surface area contributed by atoms with Crippen molar-refractivity contribution in [3.8, 4) is 0 Å². The molecular weight excluding hydrogens is 494 g/mol. The quantitative estimate of drug-likeness (QED) is 0.158. The van der Waals surface area contributed by atoms with Crippen molar-refractivity contribution in [3.05, 3.63) is 130 Å². The predicted molar refractivity (Wildman–Crippen MR) is 174 cm³/mol. The Bertz CT molecular complexity index is 1130. The topological polar surface area (TPSA) is 0 Å². The van der Waals surface area contributed by atoms with Crippen molar-refractivity contribution in [1.29, 1.82) is 0 Å². The molecule has 198 valence electrons. The summed E-state index contributed by atoms with van der Waals surface area (Å²) >= 11 is 0. The van der Waals surface area contributed by atoms with E-state index in [1.165, 1.54) is 44.0 Å². The minimum absolute atomic E-state index is 0.478. The first-order chi connectivity index (χ1) is 18.5. The van der Waals surface area contributed by atoms with Gasteiger partial charge in [0.1, 0.15) is 0 Å². The molecule has 0 saturated carbocycles. The van der Waals surface area contributed by atoms with Crippen LogP contribution in [0.4, 0.5) is 0 Å². The Morgan fingerprint density at radius 3 is 1.08 bits per heavy atom. The van der Waals surface area contributed by atoms with Gasteiger partial charge in [-0.15, -0.1) is 0 Å². The molecule has 0 nitrogen and oxygen atoms in total. The average molecular weight is 539 g/mol. The summed E-state index contributed by atoms with van der Waals surface area (Å²) in [5.74, 6) is 0.502. The van der Waals surface area contributed by atoms with E-state index in [9.17, 15) is 0 Å². The SMILES string of the molecule is CCc1cc(CC)cc(PC(c2ccccc2)C(C)C(Pc2cc(CC)cc(CC)c2)c2ccccc2)c1. The van der Waals surface area contributed by atoms with Crippen molar-refractivity contribution in [2.75, 3.05) is 0 Å². The molecule has 0 bridgehead atoms. The first kappa shape index (κ1) is 28.7. The summed E-state index contributed by atoms with van der Waals surface area (Å²) in [6.07, 6.45) is 4.38. The third-order valence-electron chi connectivity index (χ3n) is 7.75. The molecule has 0 spiro atoms. The van der Waals surface area contributed by atoms with Crippen LogP contribution in [0, 0.1) is 5.92 Å². The van der Waals surface area contributed by atoms with E-state index in [4.69, 9.17) is 0 Å². The maximum atomic E-state index is 2.52. The van der Waals surface area contributed by atoms with Gasteiger partial charge in [-0.05, 0) is 75.6 Å². The number of rotatable bonds is 12. The van der Waals surface area contributed by atoms with Gasteiger partial charge in [0.25, 0.3) is 0 Å². The normalized spacial score (nSPS) is 14.3. The highest BCUT2D eigenvalue weighted by molar-refractivity contribution is 7.48. The predicted octanol–water partition coefficient (Wildman–Crippen LogP) is 9.36. The zero-order valence-electron chi connectivity index (χ0n) is 23.8. The zero-order valence-corrected chi connectivity index (χ0v) is 25.8. The van der Waals surface area contributed by atoms with E-state index in [0.717, 1.165) is 42.8 Å². The van der Waals surface area contributed by atoms with Crippen LogP contribution in [0.3, 0.4) is 0 Å². The molecule has 0 saturated heterocycles. The fourth-order valence-corrected chi connectivity index (χ4v) is 9.03. The van der Waals surface area contributed by atoms with Crippen molar-refractivity contribution in [3.63, 3.8) is 0 Å². The monoisotopic (exact) mass is 538 g/mol. The molecule has 38 heavy (non-hydrogen) atoms. The molecule has 4 atom stereocenters. The first-order valence-electron chi connectivity index (χ1n) is 14.4. The number of aryl methyl sites for hydroxylation is 4. The summed E-state index contributed by atoms with van der Waals surface area (Å²) in [6, 6.07) is 37.3. The Morgan fingerprint density at radius 2 is 0.789 bits per heavy atom. The standard InChI is InChI=1S/C36H44P2/c1-6-27-20-28(7-2)23-33(22-27)37-35(31-16-12-10-13-17-31)26(5)36(32-18-14-11-15-19-32)38-34-24-29(8-3)21-30(9-4)25-34/h10-26,35-38H,6-9H2,1-5H3. The lowest BCUT2D eigenvalue weighted by molar-refractivity contribution is 0.549. The second-order valence-corrected chi connectivity index (χ2v) is 13.4. The van der Waals surface area contributed by atoms with Crippen molar-refractivity contribution < 1.29 is 0 Å². The van der Waals surface area contributed by atoms with Crippen LogP contribution >= 0.6 is 17.2 Å². The fourth-order valence-electron chi connectivity index (χ4n) is 5.42. The van der Waals surface area contributed by atoms with Crippen LogP contribution < -0.4 is 10.6 Å². The van der Waals surface area contributed by atoms with Gasteiger partial charge in [-0.25, -0.2) is 0 Å². The summed E-state index contributed by atoms with van der Waals surface area (Å²) in [7, 11) is 1.50. The molecule has 4 aromatic carbocycles. The lowest BCUT2D eigenvalue weighted by Crippen LogP contribution is -2.17. The minimum Gasteiger partial charge on any atom is -0.0824 e. The molecule has 2 heteroatoms. The summed E-state index contributed by atoms with van der Waals surface area (Å²) in [4.78, 5) is 0. The van der Waals surface area contributed by atoms with E-state index in [2.05, 4.69) is 132 Å². The van der Waals surface area contributed by atoms with E-state index < -0.39 is 0 Å². The number of hydrogen-bond donors (Lipinski definition) is 0. The van der Waals surface area contributed by atoms with E-state index in [1.54, 1.807) is 0 Å². The van der Waals surface area contributed by atoms with Crippen LogP contribution in [0.15, 0.2) is 97.1 Å². The summed E-state index contributed by atoms with van der Waals surface area (Å²) in [5, 5.41) is 3.02. The summed E-state index contributed by atoms with van der Waals surface area (Å²) in [6.45, 7) is 11.6. The molecule has 0 aliphatic heterocycles. The van der Waals surface area contributed by atoms with Gasteiger partial charge in [0, 0.05) is 11.3 Å². The Labute approximate surface area is 235 Å². The fraction of sp³-hybridized carbons (Fsp3) is 0.333. The number of benzene rings is 4. The third-order valence-corrected chi connectivity index (χ3v) is 11.3. The third kappa shape index (κ3) is 7.44. The van der Waals surface area contributed by atoms with Gasteiger partial charge in [-0.1, -0.05) is 149 Å². The average Bonchev–Trinajstić information content (AvgIpc) is 2.98. The molecule has 0 heterocycles. The summed E-state index contributed by atoms with van der Waals surface area (Å²) < 4.78 is 0. The molecule has 0 amide bonds. The second-order valence-electron chi connectivity index (χ2n) is 10.4. The molecule has 4 rings (SSSR count). The van der Waals surface area contributed by atoms with Gasteiger partial charge in [-0.2, -0.15) is 0 Å². The van der Waals surface area contributed by atoms with Crippen LogP contribution in [0.2, 0.25) is 0 Å². The van der Waals surface area contributed by atoms with Crippen molar-refractivity contribution in [1.82, 2.24) is 0 Å². The van der Waals surface area contributed by atoms with Gasteiger partial charge in [0.2, 0.25) is 0 Å². The maximum Gasteiger partial charge on any atom is 0.00895 e. The second kappa shape index (κ2) is 14.2. The van der Waals surface area contributed by atoms with Crippen LogP contribution in [0.5, 0.6) is 0 Å². The van der Waals surface area contributed by atoms with Crippen LogP contribution in [-0.4, -0.2) is 0 Å². The highest BCUT2D eigenvalue weighted by Crippen LogP contribution is 2.52. The maximum absolute atomic E-state index is 2.52. The molecule has 4 aromatic rings. The first-order valence-corrected chi connectivity index (χ1v) is 16.6. The van der Waals surface area contributed by atoms with Crippen LogP contribution in [0.1, 0.15) is 79.3 Å². The molecule has 0 fully saturated rings. The van der Waals surface area contributed by atoms with E-state index in [-0.39, 0.29) is 0 Å². The largest absolute Gasteiger partial charge is 0.0824 e. The molecule has 0 aromatic heterocycles. The van der Waals surface area contributed by atoms with Gasteiger partial charge >= 0.3 is 0 Å². The summed E-state index contributed by atoms with van der Waals surface area (Å²) in [5.41, 5.74) is 9.78. The van der Waals surface area contributed by atoms with Crippen molar-refractivity contribution >= 4 is 27.8 Å². The van der Waals surface area contributed by atoms with E-state index in [1.807, 2.05) is 0 Å². The number of hydrogen-bond acceptors (Lipinski definition) is 0. The molecule has 4 unspecified atom stereocenters. The van der Waals surface area contributed by atoms with E-state index >= 15 is 0 Å². The van der Waals surface area contributed by atoms with Crippen LogP contribution in [0.25, 0.3) is 0 Å². The molecular formula is C36H44P2. The van der Waals surface area contributed by atoms with Crippen molar-refractivity contribution in [2.45, 2.75) is 71.6 Å². The highest BCUT2D eigenvalue weighted by atomic mass is 31.1. The minimum atomic E-state index is 0.478. The molecule has 0 radical (unpaired) electrons. The Kier molecular flexibility index (Phi) is 10.8. The lowest BCUT2D eigenvalue weighted by Gasteiger charge is -2.33. The smallest absolute Gasteiger partial charge is 0.00895 e. The Hall–Kier alpha value is -2.26. The van der Waals surface area contributed by atoms with Gasteiger partial charge < -0.3 is 0 Å². The lowest BCUT2D eigenvalue weighted by atomic mass is 9.93. The van der Waals surface area contributed by atoms with Gasteiger partial charge in [0.05, 0.1) is 0 Å². The van der Waals surface area contributed by atoms with E-state index in [0.29, 0.717) is 17.2 Å². The highest BCUT2D eigenvalue weighted by Gasteiger charge is 2.29. The van der Waals surface area contributed by atoms with Gasteiger partial charge in [0.15, 0.2) is 0 Å². The van der Waals surface area contributed by atoms with Gasteiger partial charge in [-0.3, -0.25) is 0 Å². The Balaban J connectivity index is 1.76.